The summed E-state index contributed by atoms with van der Waals surface area (Å²) in [6.07, 6.45) is 4.91. The predicted molar refractivity (Wildman–Crippen MR) is 87.6 cm³/mol. The minimum atomic E-state index is 0.168. The van der Waals surface area contributed by atoms with Crippen LogP contribution in [0, 0.1) is 5.92 Å². The van der Waals surface area contributed by atoms with Crippen LogP contribution in [0.15, 0.2) is 24.3 Å². The van der Waals surface area contributed by atoms with Crippen molar-refractivity contribution in [1.29, 1.82) is 0 Å². The summed E-state index contributed by atoms with van der Waals surface area (Å²) >= 11 is 6.10. The quantitative estimate of drug-likeness (QED) is 0.875. The number of piperidine rings is 1. The van der Waals surface area contributed by atoms with E-state index in [9.17, 15) is 4.79 Å². The highest BCUT2D eigenvalue weighted by molar-refractivity contribution is 6.31. The number of carbonyl (C=O) groups excluding carboxylic acids is 1. The van der Waals surface area contributed by atoms with Gasteiger partial charge >= 0.3 is 0 Å². The topological polar surface area (TPSA) is 32.3 Å². The van der Waals surface area contributed by atoms with Crippen LogP contribution in [-0.2, 0) is 11.2 Å². The SMILES string of the molecule is CN1CCC(CCC(=O)NCCc2ccccc2Cl)CC1. The highest BCUT2D eigenvalue weighted by Crippen LogP contribution is 2.20. The summed E-state index contributed by atoms with van der Waals surface area (Å²) in [4.78, 5) is 14.2. The highest BCUT2D eigenvalue weighted by Gasteiger charge is 2.17. The lowest BCUT2D eigenvalue weighted by molar-refractivity contribution is -0.121. The van der Waals surface area contributed by atoms with Crippen molar-refractivity contribution in [2.24, 2.45) is 5.92 Å². The molecule has 1 aliphatic heterocycles. The van der Waals surface area contributed by atoms with Crippen molar-refractivity contribution in [3.8, 4) is 0 Å². The zero-order valence-corrected chi connectivity index (χ0v) is 13.5. The van der Waals surface area contributed by atoms with E-state index in [4.69, 9.17) is 11.6 Å². The molecule has 1 fully saturated rings. The van der Waals surface area contributed by atoms with Crippen LogP contribution in [0.5, 0.6) is 0 Å². The Hall–Kier alpha value is -1.06. The van der Waals surface area contributed by atoms with Gasteiger partial charge in [0.2, 0.25) is 5.91 Å². The minimum Gasteiger partial charge on any atom is -0.356 e. The van der Waals surface area contributed by atoms with Gasteiger partial charge in [0.1, 0.15) is 0 Å². The standard InChI is InChI=1S/C17H25ClN2O/c1-20-12-9-14(10-13-20)6-7-17(21)19-11-8-15-4-2-3-5-16(15)18/h2-5,14H,6-13H2,1H3,(H,19,21). The Kier molecular flexibility index (Phi) is 6.52. The van der Waals surface area contributed by atoms with Gasteiger partial charge in [-0.15, -0.1) is 0 Å². The number of benzene rings is 1. The number of halogens is 1. The lowest BCUT2D eigenvalue weighted by atomic mass is 9.92. The van der Waals surface area contributed by atoms with Gasteiger partial charge in [-0.1, -0.05) is 29.8 Å². The molecule has 0 saturated carbocycles. The van der Waals surface area contributed by atoms with Gasteiger partial charge in [-0.05, 0) is 63.4 Å². The molecular formula is C17H25ClN2O. The molecule has 21 heavy (non-hydrogen) atoms. The van der Waals surface area contributed by atoms with Crippen LogP contribution in [0.4, 0.5) is 0 Å². The average Bonchev–Trinajstić information content (AvgIpc) is 2.49. The van der Waals surface area contributed by atoms with Crippen molar-refractivity contribution >= 4 is 17.5 Å². The third-order valence-corrected chi connectivity index (χ3v) is 4.66. The first-order chi connectivity index (χ1) is 10.1. The molecule has 1 aromatic carbocycles. The van der Waals surface area contributed by atoms with Gasteiger partial charge < -0.3 is 10.2 Å². The van der Waals surface area contributed by atoms with E-state index in [1.54, 1.807) is 0 Å². The van der Waals surface area contributed by atoms with E-state index in [1.165, 1.54) is 25.9 Å². The molecule has 116 valence electrons. The van der Waals surface area contributed by atoms with E-state index < -0.39 is 0 Å². The molecular weight excluding hydrogens is 284 g/mol. The van der Waals surface area contributed by atoms with E-state index in [-0.39, 0.29) is 5.91 Å². The Morgan fingerprint density at radius 2 is 2.05 bits per heavy atom. The molecule has 0 bridgehead atoms. The molecule has 3 nitrogen and oxygen atoms in total. The van der Waals surface area contributed by atoms with Gasteiger partial charge in [0.25, 0.3) is 0 Å². The van der Waals surface area contributed by atoms with Gasteiger partial charge in [-0.3, -0.25) is 4.79 Å². The number of hydrogen-bond acceptors (Lipinski definition) is 2. The predicted octanol–water partition coefficient (Wildman–Crippen LogP) is 3.12. The molecule has 1 N–H and O–H groups in total. The third-order valence-electron chi connectivity index (χ3n) is 4.29. The van der Waals surface area contributed by atoms with Crippen LogP contribution in [0.25, 0.3) is 0 Å². The first-order valence-corrected chi connectivity index (χ1v) is 8.21. The molecule has 1 heterocycles. The van der Waals surface area contributed by atoms with Crippen molar-refractivity contribution in [2.45, 2.75) is 32.1 Å². The van der Waals surface area contributed by atoms with Gasteiger partial charge in [0.05, 0.1) is 0 Å². The van der Waals surface area contributed by atoms with E-state index in [1.807, 2.05) is 24.3 Å². The van der Waals surface area contributed by atoms with Crippen LogP contribution in [0.2, 0.25) is 5.02 Å². The maximum absolute atomic E-state index is 11.9. The minimum absolute atomic E-state index is 0.168. The lowest BCUT2D eigenvalue weighted by Crippen LogP contribution is -2.31. The maximum Gasteiger partial charge on any atom is 0.220 e. The molecule has 0 aromatic heterocycles. The summed E-state index contributed by atoms with van der Waals surface area (Å²) in [5.74, 6) is 0.886. The first kappa shape index (κ1) is 16.3. The summed E-state index contributed by atoms with van der Waals surface area (Å²) in [6.45, 7) is 2.99. The Morgan fingerprint density at radius 3 is 2.76 bits per heavy atom. The Labute approximate surface area is 132 Å². The molecule has 0 atom stereocenters. The average molecular weight is 309 g/mol. The number of likely N-dealkylation sites (tertiary alicyclic amines) is 1. The second-order valence-electron chi connectivity index (χ2n) is 5.98. The van der Waals surface area contributed by atoms with Crippen molar-refractivity contribution in [3.63, 3.8) is 0 Å². The lowest BCUT2D eigenvalue weighted by Gasteiger charge is -2.28. The summed E-state index contributed by atoms with van der Waals surface area (Å²) in [7, 11) is 2.16. The van der Waals surface area contributed by atoms with Crippen molar-refractivity contribution in [3.05, 3.63) is 34.9 Å². The van der Waals surface area contributed by atoms with Gasteiger partial charge in [-0.25, -0.2) is 0 Å². The van der Waals surface area contributed by atoms with Gasteiger partial charge in [-0.2, -0.15) is 0 Å². The largest absolute Gasteiger partial charge is 0.356 e. The molecule has 1 amide bonds. The Morgan fingerprint density at radius 1 is 1.33 bits per heavy atom. The molecule has 1 aromatic rings. The molecule has 0 radical (unpaired) electrons. The van der Waals surface area contributed by atoms with Crippen LogP contribution >= 0.6 is 11.6 Å². The van der Waals surface area contributed by atoms with E-state index in [2.05, 4.69) is 17.3 Å². The number of nitrogens with zero attached hydrogens (tertiary/aromatic N) is 1. The number of amides is 1. The highest BCUT2D eigenvalue weighted by atomic mass is 35.5. The van der Waals surface area contributed by atoms with Gasteiger partial charge in [0.15, 0.2) is 0 Å². The second-order valence-corrected chi connectivity index (χ2v) is 6.38. The number of hydrogen-bond donors (Lipinski definition) is 1. The van der Waals surface area contributed by atoms with Crippen LogP contribution in [-0.4, -0.2) is 37.5 Å². The normalized spacial score (nSPS) is 16.9. The molecule has 0 aliphatic carbocycles. The van der Waals surface area contributed by atoms with E-state index in [0.29, 0.717) is 13.0 Å². The number of carbonyl (C=O) groups is 1. The zero-order chi connectivity index (χ0) is 15.1. The monoisotopic (exact) mass is 308 g/mol. The molecule has 1 saturated heterocycles. The van der Waals surface area contributed by atoms with Crippen LogP contribution in [0.3, 0.4) is 0 Å². The zero-order valence-electron chi connectivity index (χ0n) is 12.8. The smallest absolute Gasteiger partial charge is 0.220 e. The summed E-state index contributed by atoms with van der Waals surface area (Å²) in [5.41, 5.74) is 1.09. The maximum atomic E-state index is 11.9. The van der Waals surface area contributed by atoms with Crippen molar-refractivity contribution in [1.82, 2.24) is 10.2 Å². The first-order valence-electron chi connectivity index (χ1n) is 7.84. The third kappa shape index (κ3) is 5.68. The Balaban J connectivity index is 1.61. The molecule has 0 spiro atoms. The molecule has 1 aliphatic rings. The van der Waals surface area contributed by atoms with E-state index in [0.717, 1.165) is 29.3 Å². The fourth-order valence-corrected chi connectivity index (χ4v) is 3.04. The molecule has 0 unspecified atom stereocenters. The number of nitrogens with one attached hydrogen (secondary N) is 1. The summed E-state index contributed by atoms with van der Waals surface area (Å²) < 4.78 is 0. The Bertz CT molecular complexity index is 456. The van der Waals surface area contributed by atoms with E-state index >= 15 is 0 Å². The van der Waals surface area contributed by atoms with Crippen molar-refractivity contribution < 1.29 is 4.79 Å². The van der Waals surface area contributed by atoms with Crippen LogP contribution in [0.1, 0.15) is 31.2 Å². The fourth-order valence-electron chi connectivity index (χ4n) is 2.81. The van der Waals surface area contributed by atoms with Gasteiger partial charge in [0, 0.05) is 18.0 Å². The molecule has 2 rings (SSSR count). The fraction of sp³-hybridized carbons (Fsp3) is 0.588. The van der Waals surface area contributed by atoms with Crippen LogP contribution < -0.4 is 5.32 Å². The summed E-state index contributed by atoms with van der Waals surface area (Å²) in [5, 5.41) is 3.77. The number of rotatable bonds is 6. The summed E-state index contributed by atoms with van der Waals surface area (Å²) in [6, 6.07) is 7.79. The second kappa shape index (κ2) is 8.40. The molecule has 4 heteroatoms. The van der Waals surface area contributed by atoms with Crippen molar-refractivity contribution in [2.75, 3.05) is 26.7 Å².